The molecule has 1 aromatic carbocycles. The van der Waals surface area contributed by atoms with Gasteiger partial charge in [-0.15, -0.1) is 0 Å². The van der Waals surface area contributed by atoms with Crippen molar-refractivity contribution in [3.8, 4) is 5.75 Å². The van der Waals surface area contributed by atoms with Crippen molar-refractivity contribution in [3.63, 3.8) is 0 Å². The van der Waals surface area contributed by atoms with Gasteiger partial charge in [-0.05, 0) is 26.0 Å². The third kappa shape index (κ3) is 20.3. The first kappa shape index (κ1) is 24.6. The Bertz CT molecular complexity index is 367. The number of para-hydroxylation sites is 1. The van der Waals surface area contributed by atoms with Gasteiger partial charge < -0.3 is 19.7 Å². The third-order valence-electron chi connectivity index (χ3n) is 2.64. The van der Waals surface area contributed by atoms with Crippen LogP contribution >= 0.6 is 0 Å². The molecule has 0 bridgehead atoms. The van der Waals surface area contributed by atoms with E-state index >= 15 is 0 Å². The molecule has 24 heavy (non-hydrogen) atoms. The molecule has 138 valence electrons. The summed E-state index contributed by atoms with van der Waals surface area (Å²) in [6, 6.07) is 8.87. The molecular formula is C19H32O5. The van der Waals surface area contributed by atoms with Gasteiger partial charge in [0, 0.05) is 19.3 Å². The van der Waals surface area contributed by atoms with Crippen LogP contribution in [0.25, 0.3) is 0 Å². The molecule has 0 aliphatic heterocycles. The molecule has 1 fully saturated rings. The van der Waals surface area contributed by atoms with E-state index < -0.39 is 5.97 Å². The van der Waals surface area contributed by atoms with E-state index in [2.05, 4.69) is 6.58 Å². The minimum atomic E-state index is -0.434. The Morgan fingerprint density at radius 2 is 1.50 bits per heavy atom. The maximum absolute atomic E-state index is 10.6. The smallest absolute Gasteiger partial charge is 0.335 e. The average Bonchev–Trinajstić information content (AvgIpc) is 2.56. The zero-order valence-electron chi connectivity index (χ0n) is 14.9. The fourth-order valence-electron chi connectivity index (χ4n) is 1.10. The van der Waals surface area contributed by atoms with Crippen molar-refractivity contribution in [2.24, 2.45) is 0 Å². The molecule has 0 atom stereocenters. The second-order valence-electron chi connectivity index (χ2n) is 4.58. The summed E-state index contributed by atoms with van der Waals surface area (Å²) in [4.78, 5) is 10.6. The van der Waals surface area contributed by atoms with Crippen LogP contribution in [-0.4, -0.2) is 42.6 Å². The number of hydrogen-bond acceptors (Lipinski definition) is 5. The SMILES string of the molecule is C1CCC1.C=CC(=O)Oc1ccccc1.CCOCC.OCCO. The molecule has 0 amide bonds. The van der Waals surface area contributed by atoms with Gasteiger partial charge in [-0.3, -0.25) is 0 Å². The number of rotatable bonds is 5. The number of ether oxygens (including phenoxy) is 2. The monoisotopic (exact) mass is 340 g/mol. The van der Waals surface area contributed by atoms with Crippen LogP contribution in [-0.2, 0) is 9.53 Å². The topological polar surface area (TPSA) is 76.0 Å². The lowest BCUT2D eigenvalue weighted by Gasteiger charge is -2.05. The third-order valence-corrected chi connectivity index (χ3v) is 2.64. The van der Waals surface area contributed by atoms with E-state index in [-0.39, 0.29) is 13.2 Å². The maximum Gasteiger partial charge on any atom is 0.335 e. The number of esters is 1. The number of aliphatic hydroxyl groups is 2. The van der Waals surface area contributed by atoms with Crippen molar-refractivity contribution in [2.45, 2.75) is 39.5 Å². The standard InChI is InChI=1S/C9H8O2.C4H10O.C4H8.C2H6O2/c1-2-9(10)11-8-6-4-3-5-7-8;1-3-5-4-2;1-2-4-3-1;3-1-2-4/h2-7H,1H2;3-4H2,1-2H3;1-4H2;3-4H,1-2H2. The van der Waals surface area contributed by atoms with Gasteiger partial charge in [-0.25, -0.2) is 4.79 Å². The maximum atomic E-state index is 10.6. The predicted molar refractivity (Wildman–Crippen MR) is 97.1 cm³/mol. The number of carbonyl (C=O) groups excluding carboxylic acids is 1. The van der Waals surface area contributed by atoms with Gasteiger partial charge in [0.2, 0.25) is 0 Å². The lowest BCUT2D eigenvalue weighted by atomic mass is 10.0. The minimum absolute atomic E-state index is 0.125. The fraction of sp³-hybridized carbons (Fsp3) is 0.526. The first-order chi connectivity index (χ1) is 11.7. The van der Waals surface area contributed by atoms with E-state index in [1.54, 1.807) is 24.3 Å². The first-order valence-electron chi connectivity index (χ1n) is 8.34. The predicted octanol–water partition coefficient (Wildman–Crippen LogP) is 3.35. The zero-order valence-corrected chi connectivity index (χ0v) is 14.9. The Hall–Kier alpha value is -1.69. The molecule has 0 heterocycles. The van der Waals surface area contributed by atoms with Gasteiger partial charge in [-0.1, -0.05) is 50.5 Å². The van der Waals surface area contributed by atoms with Gasteiger partial charge in [0.05, 0.1) is 13.2 Å². The van der Waals surface area contributed by atoms with Crippen molar-refractivity contribution in [3.05, 3.63) is 43.0 Å². The van der Waals surface area contributed by atoms with Gasteiger partial charge in [0.1, 0.15) is 5.75 Å². The number of carbonyl (C=O) groups is 1. The normalized spacial score (nSPS) is 11.0. The van der Waals surface area contributed by atoms with E-state index in [0.717, 1.165) is 19.3 Å². The van der Waals surface area contributed by atoms with Gasteiger partial charge in [0.15, 0.2) is 0 Å². The molecule has 0 aromatic heterocycles. The summed E-state index contributed by atoms with van der Waals surface area (Å²) < 4.78 is 9.64. The van der Waals surface area contributed by atoms with Gasteiger partial charge in [0.25, 0.3) is 0 Å². The molecular weight excluding hydrogens is 308 g/mol. The van der Waals surface area contributed by atoms with E-state index in [1.807, 2.05) is 19.9 Å². The average molecular weight is 340 g/mol. The molecule has 2 N–H and O–H groups in total. The summed E-state index contributed by atoms with van der Waals surface area (Å²) >= 11 is 0. The van der Waals surface area contributed by atoms with Crippen LogP contribution in [0.3, 0.4) is 0 Å². The van der Waals surface area contributed by atoms with Crippen molar-refractivity contribution >= 4 is 5.97 Å². The van der Waals surface area contributed by atoms with Crippen LogP contribution in [0, 0.1) is 0 Å². The van der Waals surface area contributed by atoms with Gasteiger partial charge >= 0.3 is 5.97 Å². The summed E-state index contributed by atoms with van der Waals surface area (Å²) in [6.07, 6.45) is 7.13. The van der Waals surface area contributed by atoms with Crippen molar-refractivity contribution in [1.82, 2.24) is 0 Å². The van der Waals surface area contributed by atoms with Crippen LogP contribution in [0.5, 0.6) is 5.75 Å². The van der Waals surface area contributed by atoms with Crippen LogP contribution in [0.2, 0.25) is 0 Å². The number of hydrogen-bond donors (Lipinski definition) is 2. The van der Waals surface area contributed by atoms with Crippen molar-refractivity contribution in [2.75, 3.05) is 26.4 Å². The Morgan fingerprint density at radius 3 is 1.75 bits per heavy atom. The highest BCUT2D eigenvalue weighted by Gasteiger charge is 1.96. The quantitative estimate of drug-likeness (QED) is 0.488. The molecule has 0 saturated heterocycles. The molecule has 2 rings (SSSR count). The van der Waals surface area contributed by atoms with E-state index in [1.165, 1.54) is 25.7 Å². The van der Waals surface area contributed by atoms with Crippen molar-refractivity contribution in [1.29, 1.82) is 0 Å². The molecule has 0 unspecified atom stereocenters. The first-order valence-corrected chi connectivity index (χ1v) is 8.34. The van der Waals surface area contributed by atoms with Crippen LogP contribution < -0.4 is 4.74 Å². The summed E-state index contributed by atoms with van der Waals surface area (Å²) in [5.74, 6) is 0.105. The molecule has 0 radical (unpaired) electrons. The molecule has 1 aliphatic carbocycles. The highest BCUT2D eigenvalue weighted by molar-refractivity contribution is 5.83. The molecule has 1 saturated carbocycles. The van der Waals surface area contributed by atoms with Crippen LogP contribution in [0.15, 0.2) is 43.0 Å². The Kier molecular flexibility index (Phi) is 21.8. The number of aliphatic hydroxyl groups excluding tert-OH is 2. The molecule has 0 spiro atoms. The van der Waals surface area contributed by atoms with Crippen LogP contribution in [0.1, 0.15) is 39.5 Å². The highest BCUT2D eigenvalue weighted by atomic mass is 16.5. The lowest BCUT2D eigenvalue weighted by molar-refractivity contribution is -0.128. The van der Waals surface area contributed by atoms with E-state index in [4.69, 9.17) is 19.7 Å². The molecule has 1 aromatic rings. The molecule has 5 heteroatoms. The van der Waals surface area contributed by atoms with Crippen LogP contribution in [0.4, 0.5) is 0 Å². The summed E-state index contributed by atoms with van der Waals surface area (Å²) in [6.45, 7) is 8.70. The Labute approximate surface area is 145 Å². The second-order valence-corrected chi connectivity index (χ2v) is 4.58. The van der Waals surface area contributed by atoms with E-state index in [0.29, 0.717) is 5.75 Å². The summed E-state index contributed by atoms with van der Waals surface area (Å²) in [5, 5.41) is 15.2. The number of benzene rings is 1. The second kappa shape index (κ2) is 21.3. The van der Waals surface area contributed by atoms with Crippen molar-refractivity contribution < 1.29 is 24.5 Å². The van der Waals surface area contributed by atoms with E-state index in [9.17, 15) is 4.79 Å². The fourth-order valence-corrected chi connectivity index (χ4v) is 1.10. The highest BCUT2D eigenvalue weighted by Crippen LogP contribution is 2.15. The lowest BCUT2D eigenvalue weighted by Crippen LogP contribution is -2.02. The summed E-state index contributed by atoms with van der Waals surface area (Å²) in [7, 11) is 0. The Balaban J connectivity index is 0. The molecule has 5 nitrogen and oxygen atoms in total. The van der Waals surface area contributed by atoms with Gasteiger partial charge in [-0.2, -0.15) is 0 Å². The zero-order chi connectivity index (χ0) is 18.5. The summed E-state index contributed by atoms with van der Waals surface area (Å²) in [5.41, 5.74) is 0. The largest absolute Gasteiger partial charge is 0.423 e. The Morgan fingerprint density at radius 1 is 1.04 bits per heavy atom. The molecule has 1 aliphatic rings. The minimum Gasteiger partial charge on any atom is -0.423 e.